The van der Waals surface area contributed by atoms with Crippen LogP contribution in [-0.2, 0) is 20.2 Å². The molecule has 1 amide bonds. The summed E-state index contributed by atoms with van der Waals surface area (Å²) >= 11 is 0. The van der Waals surface area contributed by atoms with Crippen molar-refractivity contribution >= 4 is 22.7 Å². The molecule has 1 aromatic rings. The first-order chi connectivity index (χ1) is 14.5. The molecule has 182 valence electrons. The fourth-order valence-corrected chi connectivity index (χ4v) is 4.78. The summed E-state index contributed by atoms with van der Waals surface area (Å²) in [6.45, 7) is 26.6. The van der Waals surface area contributed by atoms with E-state index in [1.807, 2.05) is 30.3 Å². The van der Waals surface area contributed by atoms with Crippen molar-refractivity contribution in [3.05, 3.63) is 48.6 Å². The number of benzene rings is 1. The Bertz CT molecular complexity index is 737. The lowest BCUT2D eigenvalue weighted by atomic mass is 10.2. The second-order valence-electron chi connectivity index (χ2n) is 11.5. The zero-order valence-corrected chi connectivity index (χ0v) is 23.9. The average Bonchev–Trinajstić information content (AvgIpc) is 2.67. The van der Waals surface area contributed by atoms with Crippen molar-refractivity contribution in [1.29, 1.82) is 0 Å². The number of rotatable bonds is 10. The van der Waals surface area contributed by atoms with Crippen LogP contribution in [0.25, 0.3) is 0 Å². The van der Waals surface area contributed by atoms with Gasteiger partial charge in [0.25, 0.3) is 0 Å². The van der Waals surface area contributed by atoms with Crippen molar-refractivity contribution in [2.24, 2.45) is 0 Å². The molecule has 1 N–H and O–H groups in total. The molecule has 5 nitrogen and oxygen atoms in total. The summed E-state index contributed by atoms with van der Waals surface area (Å²) in [5.74, 6) is 0. The highest BCUT2D eigenvalue weighted by Crippen LogP contribution is 2.39. The Morgan fingerprint density at radius 2 is 1.53 bits per heavy atom. The van der Waals surface area contributed by atoms with Gasteiger partial charge in [-0.1, -0.05) is 78.0 Å². The van der Waals surface area contributed by atoms with Crippen molar-refractivity contribution in [3.8, 4) is 0 Å². The Morgan fingerprint density at radius 3 is 2.00 bits per heavy atom. The van der Waals surface area contributed by atoms with Crippen molar-refractivity contribution in [3.63, 3.8) is 0 Å². The van der Waals surface area contributed by atoms with Gasteiger partial charge in [-0.05, 0) is 41.8 Å². The fourth-order valence-electron chi connectivity index (χ4n) is 2.46. The summed E-state index contributed by atoms with van der Waals surface area (Å²) in [5.41, 5.74) is 0.939. The van der Waals surface area contributed by atoms with E-state index in [1.165, 1.54) is 0 Å². The summed E-state index contributed by atoms with van der Waals surface area (Å²) in [6, 6.07) is 9.25. The van der Waals surface area contributed by atoms with Crippen LogP contribution in [0.3, 0.4) is 0 Å². The molecule has 0 aromatic heterocycles. The zero-order valence-electron chi connectivity index (χ0n) is 21.9. The monoisotopic (exact) mass is 479 g/mol. The molecule has 32 heavy (non-hydrogen) atoms. The number of nitrogens with one attached hydrogen (secondary N) is 1. The molecular formula is C25H45NO4Si2. The van der Waals surface area contributed by atoms with Crippen LogP contribution in [0.2, 0.25) is 36.3 Å². The van der Waals surface area contributed by atoms with Gasteiger partial charge >= 0.3 is 6.09 Å². The Balaban J connectivity index is 3.00. The molecular weight excluding hydrogens is 434 g/mol. The molecule has 0 fully saturated rings. The topological polar surface area (TPSA) is 56.8 Å². The van der Waals surface area contributed by atoms with E-state index >= 15 is 0 Å². The second kappa shape index (κ2) is 11.1. The number of alkyl carbamates (subject to hydrolysis) is 1. The fraction of sp³-hybridized carbons (Fsp3) is 0.640. The van der Waals surface area contributed by atoms with Gasteiger partial charge in [0.1, 0.15) is 6.61 Å². The Morgan fingerprint density at radius 1 is 1.00 bits per heavy atom. The molecule has 1 aromatic carbocycles. The Hall–Kier alpha value is -1.42. The predicted octanol–water partition coefficient (Wildman–Crippen LogP) is 6.88. The highest BCUT2D eigenvalue weighted by molar-refractivity contribution is 6.74. The summed E-state index contributed by atoms with van der Waals surface area (Å²) in [6.07, 6.45) is 0.922. The van der Waals surface area contributed by atoms with Crippen LogP contribution in [0.5, 0.6) is 0 Å². The third-order valence-corrected chi connectivity index (χ3v) is 15.8. The van der Waals surface area contributed by atoms with E-state index < -0.39 is 22.7 Å². The number of amides is 1. The quantitative estimate of drug-likeness (QED) is 0.293. The van der Waals surface area contributed by atoms with E-state index in [0.29, 0.717) is 6.61 Å². The van der Waals surface area contributed by atoms with Gasteiger partial charge in [-0.3, -0.25) is 0 Å². The van der Waals surface area contributed by atoms with Gasteiger partial charge in [-0.25, -0.2) is 4.79 Å². The van der Waals surface area contributed by atoms with Gasteiger partial charge < -0.3 is 18.9 Å². The van der Waals surface area contributed by atoms with Gasteiger partial charge in [-0.15, -0.1) is 6.58 Å². The van der Waals surface area contributed by atoms with E-state index in [2.05, 4.69) is 79.6 Å². The predicted molar refractivity (Wildman–Crippen MR) is 139 cm³/mol. The first kappa shape index (κ1) is 28.6. The lowest BCUT2D eigenvalue weighted by Gasteiger charge is -2.42. The maximum absolute atomic E-state index is 12.7. The maximum atomic E-state index is 12.7. The zero-order chi connectivity index (χ0) is 24.8. The molecule has 7 heteroatoms. The molecule has 0 bridgehead atoms. The molecule has 0 spiro atoms. The lowest BCUT2D eigenvalue weighted by Crippen LogP contribution is -2.54. The number of hydrogen-bond donors (Lipinski definition) is 1. The largest absolute Gasteiger partial charge is 0.445 e. The summed E-state index contributed by atoms with van der Waals surface area (Å²) in [4.78, 5) is 12.7. The SMILES string of the molecule is C=C[C@H](O[Si](C)(C)C(C)(C)C)[C@H](CO[Si](C)(C)C(C)(C)C)NC(=O)OCc1ccccc1. The third kappa shape index (κ3) is 8.50. The highest BCUT2D eigenvalue weighted by Gasteiger charge is 2.42. The Labute approximate surface area is 198 Å². The van der Waals surface area contributed by atoms with Crippen molar-refractivity contribution in [1.82, 2.24) is 5.32 Å². The van der Waals surface area contributed by atoms with Gasteiger partial charge in [0.15, 0.2) is 16.6 Å². The minimum absolute atomic E-state index is 0.0346. The molecule has 0 heterocycles. The van der Waals surface area contributed by atoms with Crippen molar-refractivity contribution in [2.75, 3.05) is 6.61 Å². The van der Waals surface area contributed by atoms with Gasteiger partial charge in [0.2, 0.25) is 0 Å². The number of carbonyl (C=O) groups excluding carboxylic acids is 1. The average molecular weight is 480 g/mol. The molecule has 0 saturated heterocycles. The summed E-state index contributed by atoms with van der Waals surface area (Å²) in [5, 5.41) is 3.10. The molecule has 0 aliphatic heterocycles. The molecule has 0 radical (unpaired) electrons. The van der Waals surface area contributed by atoms with E-state index in [-0.39, 0.29) is 28.8 Å². The van der Waals surface area contributed by atoms with Gasteiger partial charge in [-0.2, -0.15) is 0 Å². The molecule has 0 saturated carbocycles. The highest BCUT2D eigenvalue weighted by atomic mass is 28.4. The molecule has 2 atom stereocenters. The molecule has 0 aliphatic carbocycles. The summed E-state index contributed by atoms with van der Waals surface area (Å²) in [7, 11) is -4.11. The standard InChI is InChI=1S/C25H45NO4Si2/c1-12-22(30-32(10,11)25(5,6)7)21(19-29-31(8,9)24(2,3)4)26-23(27)28-18-20-16-14-13-15-17-20/h12-17,21-22H,1,18-19H2,2-11H3,(H,26,27)/t21-,22-/m0/s1. The minimum atomic E-state index is -2.09. The van der Waals surface area contributed by atoms with Crippen LogP contribution in [0.1, 0.15) is 47.1 Å². The lowest BCUT2D eigenvalue weighted by molar-refractivity contribution is 0.102. The van der Waals surface area contributed by atoms with Crippen molar-refractivity contribution in [2.45, 2.75) is 96.6 Å². The molecule has 1 rings (SSSR count). The van der Waals surface area contributed by atoms with Crippen LogP contribution in [0.4, 0.5) is 4.79 Å². The normalized spacial score (nSPS) is 15.1. The molecule has 0 aliphatic rings. The minimum Gasteiger partial charge on any atom is -0.445 e. The van der Waals surface area contributed by atoms with Gasteiger partial charge in [0.05, 0.1) is 18.8 Å². The first-order valence-electron chi connectivity index (χ1n) is 11.4. The van der Waals surface area contributed by atoms with Crippen LogP contribution in [-0.4, -0.2) is 41.5 Å². The third-order valence-electron chi connectivity index (χ3n) is 6.81. The number of ether oxygens (including phenoxy) is 1. The van der Waals surface area contributed by atoms with Crippen LogP contribution in [0, 0.1) is 0 Å². The van der Waals surface area contributed by atoms with E-state index in [9.17, 15) is 4.79 Å². The van der Waals surface area contributed by atoms with E-state index in [4.69, 9.17) is 13.6 Å². The maximum Gasteiger partial charge on any atom is 0.407 e. The number of hydrogen-bond acceptors (Lipinski definition) is 4. The Kier molecular flexibility index (Phi) is 9.96. The van der Waals surface area contributed by atoms with Gasteiger partial charge in [0, 0.05) is 0 Å². The van der Waals surface area contributed by atoms with Crippen molar-refractivity contribution < 1.29 is 18.4 Å². The van der Waals surface area contributed by atoms with Crippen LogP contribution >= 0.6 is 0 Å². The van der Waals surface area contributed by atoms with Crippen LogP contribution in [0.15, 0.2) is 43.0 Å². The van der Waals surface area contributed by atoms with E-state index in [0.717, 1.165) is 5.56 Å². The first-order valence-corrected chi connectivity index (χ1v) is 17.2. The number of carbonyl (C=O) groups is 1. The van der Waals surface area contributed by atoms with Crippen LogP contribution < -0.4 is 5.32 Å². The molecule has 0 unspecified atom stereocenters. The summed E-state index contributed by atoms with van der Waals surface area (Å²) < 4.78 is 18.6. The van der Waals surface area contributed by atoms with E-state index in [1.54, 1.807) is 6.08 Å². The smallest absolute Gasteiger partial charge is 0.407 e. The second-order valence-corrected chi connectivity index (χ2v) is 21.0.